The van der Waals surface area contributed by atoms with E-state index in [4.69, 9.17) is 4.74 Å². The molecule has 0 fully saturated rings. The number of amides is 2. The summed E-state index contributed by atoms with van der Waals surface area (Å²) in [5.41, 5.74) is 2.53. The molecule has 0 aliphatic heterocycles. The van der Waals surface area contributed by atoms with Crippen molar-refractivity contribution in [1.29, 1.82) is 0 Å². The number of carbonyl (C=O) groups is 2. The number of carbonyl (C=O) groups excluding carboxylic acids is 2. The van der Waals surface area contributed by atoms with Crippen molar-refractivity contribution >= 4 is 23.5 Å². The number of hydrogen-bond donors (Lipinski definition) is 2. The molecule has 0 aliphatic rings. The van der Waals surface area contributed by atoms with Gasteiger partial charge in [-0.1, -0.05) is 12.1 Å². The maximum absolute atomic E-state index is 12.1. The molecule has 3 aromatic rings. The van der Waals surface area contributed by atoms with Gasteiger partial charge in [-0.25, -0.2) is 14.3 Å². The lowest BCUT2D eigenvalue weighted by molar-refractivity contribution is 0.0305. The maximum atomic E-state index is 12.1. The third kappa shape index (κ3) is 5.50. The Kier molecular flexibility index (Phi) is 6.43. The number of likely N-dealkylation sites (N-methyl/N-ethyl adjacent to an activating group) is 1. The van der Waals surface area contributed by atoms with Crippen LogP contribution >= 0.6 is 0 Å². The molecule has 0 aliphatic carbocycles. The predicted octanol–water partition coefficient (Wildman–Crippen LogP) is 3.03. The monoisotopic (exact) mass is 424 g/mol. The van der Waals surface area contributed by atoms with Gasteiger partial charge >= 0.3 is 6.09 Å². The molecule has 0 saturated carbocycles. The van der Waals surface area contributed by atoms with E-state index >= 15 is 0 Å². The molecule has 0 radical (unpaired) electrons. The number of nitrogens with zero attached hydrogens (tertiary/aromatic N) is 4. The van der Waals surface area contributed by atoms with Gasteiger partial charge in [0.05, 0.1) is 6.20 Å². The average Bonchev–Trinajstić information content (AvgIpc) is 3.15. The Labute approximate surface area is 181 Å². The van der Waals surface area contributed by atoms with Crippen LogP contribution in [-0.2, 0) is 4.74 Å². The third-order valence-corrected chi connectivity index (χ3v) is 4.51. The number of fused-ring (bicyclic) bond motifs is 1. The average molecular weight is 425 g/mol. The SMILES string of the molecule is CNC(=O)c1ccc(-c2cnn3ccc(NCCN(C)C(=O)OC(C)(C)C)nc23)cc1. The van der Waals surface area contributed by atoms with Crippen molar-refractivity contribution in [3.63, 3.8) is 0 Å². The second-order valence-electron chi connectivity index (χ2n) is 8.12. The second kappa shape index (κ2) is 9.03. The Morgan fingerprint density at radius 3 is 2.52 bits per heavy atom. The molecule has 0 atom stereocenters. The summed E-state index contributed by atoms with van der Waals surface area (Å²) in [4.78, 5) is 30.0. The van der Waals surface area contributed by atoms with Crippen molar-refractivity contribution in [2.24, 2.45) is 0 Å². The third-order valence-electron chi connectivity index (χ3n) is 4.51. The fraction of sp³-hybridized carbons (Fsp3) is 0.364. The van der Waals surface area contributed by atoms with Gasteiger partial charge in [0.2, 0.25) is 0 Å². The summed E-state index contributed by atoms with van der Waals surface area (Å²) in [6, 6.07) is 9.11. The van der Waals surface area contributed by atoms with E-state index in [9.17, 15) is 9.59 Å². The number of aromatic nitrogens is 3. The van der Waals surface area contributed by atoms with Crippen molar-refractivity contribution in [3.05, 3.63) is 48.3 Å². The number of benzene rings is 1. The Balaban J connectivity index is 1.69. The first-order valence-corrected chi connectivity index (χ1v) is 10.0. The van der Waals surface area contributed by atoms with Crippen molar-refractivity contribution in [3.8, 4) is 11.1 Å². The molecule has 0 bridgehead atoms. The minimum absolute atomic E-state index is 0.132. The van der Waals surface area contributed by atoms with Gasteiger partial charge in [0, 0.05) is 44.5 Å². The fourth-order valence-electron chi connectivity index (χ4n) is 2.90. The zero-order valence-electron chi connectivity index (χ0n) is 18.5. The quantitative estimate of drug-likeness (QED) is 0.631. The van der Waals surface area contributed by atoms with Crippen molar-refractivity contribution in [2.45, 2.75) is 26.4 Å². The van der Waals surface area contributed by atoms with Crippen molar-refractivity contribution in [1.82, 2.24) is 24.8 Å². The fourth-order valence-corrected chi connectivity index (χ4v) is 2.90. The van der Waals surface area contributed by atoms with Crippen LogP contribution in [0.3, 0.4) is 0 Å². The zero-order chi connectivity index (χ0) is 22.6. The van der Waals surface area contributed by atoms with E-state index in [0.29, 0.717) is 30.1 Å². The minimum atomic E-state index is -0.525. The lowest BCUT2D eigenvalue weighted by Crippen LogP contribution is -2.36. The number of rotatable bonds is 6. The number of anilines is 1. The van der Waals surface area contributed by atoms with E-state index in [1.165, 1.54) is 4.90 Å². The highest BCUT2D eigenvalue weighted by atomic mass is 16.6. The summed E-state index contributed by atoms with van der Waals surface area (Å²) < 4.78 is 7.05. The standard InChI is InChI=1S/C22H28N6O3/c1-22(2,3)31-21(30)27(5)13-11-24-18-10-12-28-19(26-18)17(14-25-28)15-6-8-16(9-7-15)20(29)23-4/h6-10,12,14H,11,13H2,1-5H3,(H,23,29)(H,24,26). The Bertz CT molecular complexity index is 1070. The van der Waals surface area contributed by atoms with Gasteiger partial charge in [-0.05, 0) is 44.5 Å². The van der Waals surface area contributed by atoms with E-state index in [0.717, 1.165) is 11.1 Å². The minimum Gasteiger partial charge on any atom is -0.444 e. The van der Waals surface area contributed by atoms with Crippen LogP contribution in [0.5, 0.6) is 0 Å². The largest absolute Gasteiger partial charge is 0.444 e. The van der Waals surface area contributed by atoms with Gasteiger partial charge in [0.25, 0.3) is 5.91 Å². The van der Waals surface area contributed by atoms with Crippen molar-refractivity contribution < 1.29 is 14.3 Å². The van der Waals surface area contributed by atoms with Gasteiger partial charge in [-0.3, -0.25) is 4.79 Å². The zero-order valence-corrected chi connectivity index (χ0v) is 18.5. The molecule has 2 aromatic heterocycles. The van der Waals surface area contributed by atoms with Crippen LogP contribution in [0.25, 0.3) is 16.8 Å². The molecule has 0 saturated heterocycles. The van der Waals surface area contributed by atoms with Gasteiger partial charge in [0.15, 0.2) is 5.65 Å². The first-order valence-electron chi connectivity index (χ1n) is 10.0. The molecule has 9 heteroatoms. The maximum Gasteiger partial charge on any atom is 0.410 e. The van der Waals surface area contributed by atoms with Gasteiger partial charge in [-0.15, -0.1) is 0 Å². The van der Waals surface area contributed by atoms with Crippen LogP contribution in [0.1, 0.15) is 31.1 Å². The Hall–Kier alpha value is -3.62. The predicted molar refractivity (Wildman–Crippen MR) is 119 cm³/mol. The molecule has 9 nitrogen and oxygen atoms in total. The summed E-state index contributed by atoms with van der Waals surface area (Å²) in [7, 11) is 3.30. The summed E-state index contributed by atoms with van der Waals surface area (Å²) in [6.07, 6.45) is 3.21. The molecule has 2 heterocycles. The molecule has 3 rings (SSSR count). The van der Waals surface area contributed by atoms with Gasteiger partial charge < -0.3 is 20.3 Å². The number of nitrogens with one attached hydrogen (secondary N) is 2. The van der Waals surface area contributed by atoms with Crippen LogP contribution < -0.4 is 10.6 Å². The first kappa shape index (κ1) is 22.1. The highest BCUT2D eigenvalue weighted by molar-refractivity contribution is 5.94. The summed E-state index contributed by atoms with van der Waals surface area (Å²) in [5.74, 6) is 0.543. The van der Waals surface area contributed by atoms with Crippen LogP contribution in [0.15, 0.2) is 42.7 Å². The lowest BCUT2D eigenvalue weighted by Gasteiger charge is -2.24. The molecule has 1 aromatic carbocycles. The molecule has 31 heavy (non-hydrogen) atoms. The normalized spacial score (nSPS) is 11.3. The van der Waals surface area contributed by atoms with Crippen LogP contribution in [0.4, 0.5) is 10.6 Å². The highest BCUT2D eigenvalue weighted by Crippen LogP contribution is 2.24. The van der Waals surface area contributed by atoms with Crippen LogP contribution in [-0.4, -0.2) is 64.3 Å². The topological polar surface area (TPSA) is 101 Å². The van der Waals surface area contributed by atoms with E-state index < -0.39 is 5.60 Å². The molecule has 2 N–H and O–H groups in total. The van der Waals surface area contributed by atoms with Gasteiger partial charge in [0.1, 0.15) is 11.4 Å². The summed E-state index contributed by atoms with van der Waals surface area (Å²) in [6.45, 7) is 6.50. The second-order valence-corrected chi connectivity index (χ2v) is 8.12. The molecule has 0 unspecified atom stereocenters. The Morgan fingerprint density at radius 1 is 1.16 bits per heavy atom. The molecular weight excluding hydrogens is 396 g/mol. The van der Waals surface area contributed by atoms with Crippen molar-refractivity contribution in [2.75, 3.05) is 32.5 Å². The van der Waals surface area contributed by atoms with E-state index in [2.05, 4.69) is 20.7 Å². The van der Waals surface area contributed by atoms with E-state index in [-0.39, 0.29) is 12.0 Å². The molecule has 0 spiro atoms. The summed E-state index contributed by atoms with van der Waals surface area (Å²) in [5, 5.41) is 10.2. The number of ether oxygens (including phenoxy) is 1. The van der Waals surface area contributed by atoms with Crippen LogP contribution in [0.2, 0.25) is 0 Å². The molecule has 2 amide bonds. The van der Waals surface area contributed by atoms with E-state index in [1.807, 2.05) is 45.2 Å². The highest BCUT2D eigenvalue weighted by Gasteiger charge is 2.19. The van der Waals surface area contributed by atoms with E-state index in [1.54, 1.807) is 36.9 Å². The van der Waals surface area contributed by atoms with Crippen LogP contribution in [0, 0.1) is 0 Å². The Morgan fingerprint density at radius 2 is 1.87 bits per heavy atom. The molecule has 164 valence electrons. The van der Waals surface area contributed by atoms with Gasteiger partial charge in [-0.2, -0.15) is 5.10 Å². The smallest absolute Gasteiger partial charge is 0.410 e. The lowest BCUT2D eigenvalue weighted by atomic mass is 10.1. The number of hydrogen-bond acceptors (Lipinski definition) is 6. The first-order chi connectivity index (χ1) is 14.7. The summed E-state index contributed by atoms with van der Waals surface area (Å²) >= 11 is 0. The molecular formula is C22H28N6O3.